The molecule has 0 spiro atoms. The van der Waals surface area contributed by atoms with E-state index in [0.717, 1.165) is 77.0 Å². The van der Waals surface area contributed by atoms with E-state index in [1.165, 1.54) is 0 Å². The van der Waals surface area contributed by atoms with Gasteiger partial charge in [-0.25, -0.2) is 0 Å². The second-order valence-electron chi connectivity index (χ2n) is 9.12. The normalized spacial score (nSPS) is 32.5. The van der Waals surface area contributed by atoms with E-state index < -0.39 is 0 Å². The van der Waals surface area contributed by atoms with Crippen molar-refractivity contribution in [1.29, 1.82) is 0 Å². The lowest BCUT2D eigenvalue weighted by Gasteiger charge is -2.28. The van der Waals surface area contributed by atoms with Crippen molar-refractivity contribution < 1.29 is 28.5 Å². The van der Waals surface area contributed by atoms with Crippen molar-refractivity contribution in [2.45, 2.75) is 115 Å². The number of carbonyl (C=O) groups is 2. The number of hydrogen-bond donors (Lipinski definition) is 0. The van der Waals surface area contributed by atoms with Crippen LogP contribution in [0.1, 0.15) is 90.9 Å². The van der Waals surface area contributed by atoms with Gasteiger partial charge in [-0.1, -0.05) is 39.5 Å². The molecule has 6 atom stereocenters. The monoisotopic (exact) mass is 424 g/mol. The van der Waals surface area contributed by atoms with Crippen LogP contribution in [0.15, 0.2) is 0 Å². The lowest BCUT2D eigenvalue weighted by atomic mass is 9.79. The Morgan fingerprint density at radius 2 is 1.10 bits per heavy atom. The van der Waals surface area contributed by atoms with Gasteiger partial charge in [0, 0.05) is 0 Å². The lowest BCUT2D eigenvalue weighted by Crippen LogP contribution is -2.35. The Kier molecular flexibility index (Phi) is 9.44. The van der Waals surface area contributed by atoms with Gasteiger partial charge in [0.1, 0.15) is 0 Å². The zero-order valence-corrected chi connectivity index (χ0v) is 18.8. The first-order chi connectivity index (χ1) is 14.6. The molecule has 3 fully saturated rings. The van der Waals surface area contributed by atoms with Gasteiger partial charge in [-0.15, -0.1) is 0 Å². The number of epoxide rings is 2. The third-order valence-corrected chi connectivity index (χ3v) is 6.65. The Bertz CT molecular complexity index is 502. The van der Waals surface area contributed by atoms with Gasteiger partial charge in [-0.3, -0.25) is 9.59 Å². The van der Waals surface area contributed by atoms with Gasteiger partial charge < -0.3 is 18.9 Å². The van der Waals surface area contributed by atoms with E-state index in [4.69, 9.17) is 18.9 Å². The molecule has 2 heterocycles. The molecule has 1 aliphatic carbocycles. The van der Waals surface area contributed by atoms with Crippen molar-refractivity contribution in [1.82, 2.24) is 0 Å². The van der Waals surface area contributed by atoms with E-state index in [1.807, 2.05) is 0 Å². The molecule has 0 amide bonds. The second-order valence-corrected chi connectivity index (χ2v) is 9.12. The Morgan fingerprint density at radius 1 is 0.700 bits per heavy atom. The molecule has 2 saturated heterocycles. The van der Waals surface area contributed by atoms with Crippen LogP contribution >= 0.6 is 0 Å². The topological polar surface area (TPSA) is 77.7 Å². The van der Waals surface area contributed by atoms with E-state index in [1.54, 1.807) is 0 Å². The number of carbonyl (C=O) groups excluding carboxylic acids is 2. The molecule has 0 aromatic heterocycles. The molecule has 30 heavy (non-hydrogen) atoms. The minimum atomic E-state index is -0.350. The summed E-state index contributed by atoms with van der Waals surface area (Å²) in [5.41, 5.74) is 0. The van der Waals surface area contributed by atoms with Crippen LogP contribution in [-0.4, -0.2) is 49.6 Å². The molecule has 6 unspecified atom stereocenters. The smallest absolute Gasteiger partial charge is 0.309 e. The maximum absolute atomic E-state index is 12.6. The van der Waals surface area contributed by atoms with Gasteiger partial charge in [-0.05, 0) is 51.4 Å². The first-order valence-electron chi connectivity index (χ1n) is 12.3. The van der Waals surface area contributed by atoms with Crippen molar-refractivity contribution in [2.24, 2.45) is 11.8 Å². The van der Waals surface area contributed by atoms with Gasteiger partial charge in [-0.2, -0.15) is 0 Å². The Labute approximate surface area is 181 Å². The third kappa shape index (κ3) is 7.23. The van der Waals surface area contributed by atoms with E-state index in [2.05, 4.69) is 13.8 Å². The van der Waals surface area contributed by atoms with E-state index in [-0.39, 0.29) is 23.8 Å². The standard InChI is InChI=1S/C24H40O6/c1-3-9-19-21(29-19)13-7-15-27-23(25)17-11-5-6-12-18(17)24(26)28-16-8-14-22-20(30-22)10-4-2/h17-22H,3-16H2,1-2H3. The SMILES string of the molecule is CCCC1OC1CCCOC(=O)C1CCCCC1C(=O)OCCCC1OC1CCC. The summed E-state index contributed by atoms with van der Waals surface area (Å²) in [4.78, 5) is 25.2. The zero-order chi connectivity index (χ0) is 21.3. The first kappa shape index (κ1) is 23.5. The van der Waals surface area contributed by atoms with Crippen LogP contribution in [0.2, 0.25) is 0 Å². The van der Waals surface area contributed by atoms with Crippen LogP contribution < -0.4 is 0 Å². The number of ether oxygens (including phenoxy) is 4. The molecular formula is C24H40O6. The first-order valence-corrected chi connectivity index (χ1v) is 12.3. The van der Waals surface area contributed by atoms with Gasteiger partial charge in [0.15, 0.2) is 0 Å². The van der Waals surface area contributed by atoms with Crippen LogP contribution in [0.4, 0.5) is 0 Å². The fourth-order valence-electron chi connectivity index (χ4n) is 4.77. The average Bonchev–Trinajstić information content (AvgIpc) is 3.67. The molecule has 0 bridgehead atoms. The molecule has 172 valence electrons. The van der Waals surface area contributed by atoms with Crippen molar-refractivity contribution in [3.63, 3.8) is 0 Å². The summed E-state index contributed by atoms with van der Waals surface area (Å²) in [5.74, 6) is -1.16. The van der Waals surface area contributed by atoms with Crippen molar-refractivity contribution in [3.05, 3.63) is 0 Å². The predicted molar refractivity (Wildman–Crippen MR) is 113 cm³/mol. The molecule has 0 radical (unpaired) electrons. The molecular weight excluding hydrogens is 384 g/mol. The summed E-state index contributed by atoms with van der Waals surface area (Å²) in [6.45, 7) is 5.15. The van der Waals surface area contributed by atoms with E-state index in [0.29, 0.717) is 37.6 Å². The number of esters is 2. The summed E-state index contributed by atoms with van der Waals surface area (Å²) in [6.07, 6.45) is 12.9. The van der Waals surface area contributed by atoms with Crippen LogP contribution in [0, 0.1) is 11.8 Å². The number of hydrogen-bond acceptors (Lipinski definition) is 6. The van der Waals surface area contributed by atoms with E-state index in [9.17, 15) is 9.59 Å². The average molecular weight is 425 g/mol. The highest BCUT2D eigenvalue weighted by molar-refractivity contribution is 5.82. The summed E-state index contributed by atoms with van der Waals surface area (Å²) < 4.78 is 22.2. The van der Waals surface area contributed by atoms with Crippen molar-refractivity contribution in [2.75, 3.05) is 13.2 Å². The zero-order valence-electron chi connectivity index (χ0n) is 18.8. The van der Waals surface area contributed by atoms with Crippen LogP contribution in [0.25, 0.3) is 0 Å². The molecule has 3 aliphatic rings. The second kappa shape index (κ2) is 12.0. The molecule has 6 heteroatoms. The Morgan fingerprint density at radius 3 is 1.50 bits per heavy atom. The van der Waals surface area contributed by atoms with Crippen LogP contribution in [-0.2, 0) is 28.5 Å². The largest absolute Gasteiger partial charge is 0.465 e. The van der Waals surface area contributed by atoms with Crippen molar-refractivity contribution in [3.8, 4) is 0 Å². The van der Waals surface area contributed by atoms with Gasteiger partial charge in [0.2, 0.25) is 0 Å². The molecule has 0 aromatic carbocycles. The minimum absolute atomic E-state index is 0.229. The van der Waals surface area contributed by atoms with Crippen molar-refractivity contribution >= 4 is 11.9 Å². The van der Waals surface area contributed by atoms with Crippen LogP contribution in [0.3, 0.4) is 0 Å². The highest BCUT2D eigenvalue weighted by atomic mass is 16.6. The highest BCUT2D eigenvalue weighted by Gasteiger charge is 2.39. The summed E-state index contributed by atoms with van der Waals surface area (Å²) in [7, 11) is 0. The van der Waals surface area contributed by atoms with E-state index >= 15 is 0 Å². The maximum atomic E-state index is 12.6. The van der Waals surface area contributed by atoms with Gasteiger partial charge >= 0.3 is 11.9 Å². The molecule has 3 rings (SSSR count). The quantitative estimate of drug-likeness (QED) is 0.231. The molecule has 2 aliphatic heterocycles. The summed E-state index contributed by atoms with van der Waals surface area (Å²) in [5, 5.41) is 0. The Hall–Kier alpha value is -1.14. The molecule has 6 nitrogen and oxygen atoms in total. The maximum Gasteiger partial charge on any atom is 0.309 e. The summed E-state index contributed by atoms with van der Waals surface area (Å²) >= 11 is 0. The third-order valence-electron chi connectivity index (χ3n) is 6.65. The minimum Gasteiger partial charge on any atom is -0.465 e. The van der Waals surface area contributed by atoms with Gasteiger partial charge in [0.05, 0.1) is 49.5 Å². The Balaban J connectivity index is 1.30. The van der Waals surface area contributed by atoms with Gasteiger partial charge in [0.25, 0.3) is 0 Å². The highest BCUT2D eigenvalue weighted by Crippen LogP contribution is 2.33. The lowest BCUT2D eigenvalue weighted by molar-refractivity contribution is -0.163. The number of rotatable bonds is 14. The summed E-state index contributed by atoms with van der Waals surface area (Å²) in [6, 6.07) is 0. The molecule has 0 N–H and O–H groups in total. The molecule has 0 aromatic rings. The molecule has 1 saturated carbocycles. The van der Waals surface area contributed by atoms with Crippen LogP contribution in [0.5, 0.6) is 0 Å². The predicted octanol–water partition coefficient (Wildman–Crippen LogP) is 4.57. The fourth-order valence-corrected chi connectivity index (χ4v) is 4.77. The fraction of sp³-hybridized carbons (Fsp3) is 0.917.